The quantitative estimate of drug-likeness (QED) is 0.792. The van der Waals surface area contributed by atoms with Crippen molar-refractivity contribution in [3.63, 3.8) is 0 Å². The van der Waals surface area contributed by atoms with Crippen molar-refractivity contribution in [1.29, 1.82) is 5.26 Å². The molecule has 0 amide bonds. The van der Waals surface area contributed by atoms with Crippen LogP contribution >= 0.6 is 22.6 Å². The van der Waals surface area contributed by atoms with Gasteiger partial charge in [0.25, 0.3) is 0 Å². The molecule has 92 valence electrons. The molecular formula is C13H11FIN3. The Labute approximate surface area is 118 Å². The molecule has 0 saturated heterocycles. The third-order valence-electron chi connectivity index (χ3n) is 2.67. The number of alkyl halides is 1. The Morgan fingerprint density at radius 2 is 2.28 bits per heavy atom. The molecule has 3 nitrogen and oxygen atoms in total. The molecule has 0 unspecified atom stereocenters. The molecule has 0 aliphatic heterocycles. The molecule has 0 aliphatic carbocycles. The first-order chi connectivity index (χ1) is 8.74. The van der Waals surface area contributed by atoms with Gasteiger partial charge >= 0.3 is 0 Å². The molecule has 1 aromatic carbocycles. The zero-order valence-corrected chi connectivity index (χ0v) is 11.8. The topological polar surface area (TPSA) is 41.6 Å². The minimum Gasteiger partial charge on any atom is -0.330 e. The van der Waals surface area contributed by atoms with E-state index in [0.29, 0.717) is 18.5 Å². The van der Waals surface area contributed by atoms with E-state index in [-0.39, 0.29) is 6.67 Å². The number of nitrogens with zero attached hydrogens (tertiary/aromatic N) is 3. The average Bonchev–Trinajstić information content (AvgIpc) is 2.80. The lowest BCUT2D eigenvalue weighted by molar-refractivity contribution is 0.485. The van der Waals surface area contributed by atoms with Crippen LogP contribution in [0.4, 0.5) is 4.39 Å². The minimum atomic E-state index is -0.379. The molecule has 0 saturated carbocycles. The van der Waals surface area contributed by atoms with Crippen molar-refractivity contribution in [3.8, 4) is 6.07 Å². The Hall–Kier alpha value is -1.42. The Morgan fingerprint density at radius 1 is 1.44 bits per heavy atom. The fourth-order valence-corrected chi connectivity index (χ4v) is 2.41. The van der Waals surface area contributed by atoms with E-state index in [9.17, 15) is 4.39 Å². The number of nitriles is 1. The van der Waals surface area contributed by atoms with E-state index in [0.717, 1.165) is 14.8 Å². The lowest BCUT2D eigenvalue weighted by Gasteiger charge is -2.09. The van der Waals surface area contributed by atoms with Crippen LogP contribution in [0.15, 0.2) is 30.7 Å². The second-order valence-electron chi connectivity index (χ2n) is 3.87. The van der Waals surface area contributed by atoms with E-state index >= 15 is 0 Å². The zero-order chi connectivity index (χ0) is 13.0. The summed E-state index contributed by atoms with van der Waals surface area (Å²) in [6, 6.07) is 7.69. The van der Waals surface area contributed by atoms with Crippen molar-refractivity contribution >= 4 is 22.6 Å². The Kier molecular flexibility index (Phi) is 4.31. The third kappa shape index (κ3) is 2.88. The molecule has 18 heavy (non-hydrogen) atoms. The van der Waals surface area contributed by atoms with Crippen molar-refractivity contribution in [2.24, 2.45) is 0 Å². The summed E-state index contributed by atoms with van der Waals surface area (Å²) >= 11 is 2.21. The lowest BCUT2D eigenvalue weighted by atomic mass is 10.1. The summed E-state index contributed by atoms with van der Waals surface area (Å²) in [6.45, 7) is 0.273. The van der Waals surface area contributed by atoms with Gasteiger partial charge in [0.15, 0.2) is 0 Å². The monoisotopic (exact) mass is 355 g/mol. The van der Waals surface area contributed by atoms with Gasteiger partial charge in [-0.05, 0) is 40.3 Å². The van der Waals surface area contributed by atoms with Crippen LogP contribution < -0.4 is 0 Å². The van der Waals surface area contributed by atoms with E-state index in [1.54, 1.807) is 18.6 Å². The molecule has 2 aromatic rings. The number of halogens is 2. The first kappa shape index (κ1) is 13.0. The Balaban J connectivity index is 2.23. The van der Waals surface area contributed by atoms with Crippen LogP contribution in [-0.2, 0) is 13.0 Å². The number of hydrogen-bond acceptors (Lipinski definition) is 2. The number of hydrogen-bond donors (Lipinski definition) is 0. The van der Waals surface area contributed by atoms with Gasteiger partial charge < -0.3 is 4.57 Å². The third-order valence-corrected chi connectivity index (χ3v) is 3.68. The first-order valence-electron chi connectivity index (χ1n) is 5.48. The summed E-state index contributed by atoms with van der Waals surface area (Å²) in [4.78, 5) is 4.04. The Morgan fingerprint density at radius 3 is 2.94 bits per heavy atom. The van der Waals surface area contributed by atoms with Gasteiger partial charge in [0, 0.05) is 28.4 Å². The fourth-order valence-electron chi connectivity index (χ4n) is 1.72. The molecule has 0 aliphatic rings. The van der Waals surface area contributed by atoms with E-state index < -0.39 is 0 Å². The standard InChI is InChI=1S/C13H11FIN3/c14-4-3-12-7-17-9-18(12)8-11-2-1-10(6-16)5-13(11)15/h1-2,5,7,9H,3-4,8H2. The molecule has 0 bridgehead atoms. The number of aromatic nitrogens is 2. The number of imidazole rings is 1. The summed E-state index contributed by atoms with van der Waals surface area (Å²) in [5.74, 6) is 0. The van der Waals surface area contributed by atoms with Crippen molar-refractivity contribution in [2.75, 3.05) is 6.67 Å². The lowest BCUT2D eigenvalue weighted by Crippen LogP contribution is -2.05. The predicted molar refractivity (Wildman–Crippen MR) is 74.9 cm³/mol. The van der Waals surface area contributed by atoms with E-state index in [1.165, 1.54) is 0 Å². The highest BCUT2D eigenvalue weighted by molar-refractivity contribution is 14.1. The second kappa shape index (κ2) is 5.96. The smallest absolute Gasteiger partial charge is 0.0991 e. The van der Waals surface area contributed by atoms with Crippen LogP contribution in [0, 0.1) is 14.9 Å². The molecule has 1 aromatic heterocycles. The van der Waals surface area contributed by atoms with Crippen LogP contribution in [-0.4, -0.2) is 16.2 Å². The maximum absolute atomic E-state index is 12.4. The molecular weight excluding hydrogens is 344 g/mol. The van der Waals surface area contributed by atoms with Gasteiger partial charge in [0.2, 0.25) is 0 Å². The van der Waals surface area contributed by atoms with Crippen molar-refractivity contribution < 1.29 is 4.39 Å². The highest BCUT2D eigenvalue weighted by atomic mass is 127. The summed E-state index contributed by atoms with van der Waals surface area (Å²) in [7, 11) is 0. The highest BCUT2D eigenvalue weighted by Gasteiger charge is 2.06. The van der Waals surface area contributed by atoms with Crippen LogP contribution in [0.5, 0.6) is 0 Å². The van der Waals surface area contributed by atoms with Crippen LogP contribution in [0.1, 0.15) is 16.8 Å². The van der Waals surface area contributed by atoms with Gasteiger partial charge in [0.1, 0.15) is 0 Å². The second-order valence-corrected chi connectivity index (χ2v) is 5.03. The SMILES string of the molecule is N#Cc1ccc(Cn2cncc2CCF)c(I)c1. The van der Waals surface area contributed by atoms with E-state index in [1.807, 2.05) is 16.7 Å². The number of rotatable bonds is 4. The van der Waals surface area contributed by atoms with Crippen LogP contribution in [0.2, 0.25) is 0 Å². The summed E-state index contributed by atoms with van der Waals surface area (Å²) in [5, 5.41) is 8.81. The largest absolute Gasteiger partial charge is 0.330 e. The predicted octanol–water partition coefficient (Wildman–Crippen LogP) is 2.92. The van der Waals surface area contributed by atoms with Crippen molar-refractivity contribution in [3.05, 3.63) is 51.1 Å². The van der Waals surface area contributed by atoms with Gasteiger partial charge in [-0.1, -0.05) is 6.07 Å². The average molecular weight is 355 g/mol. The van der Waals surface area contributed by atoms with E-state index in [4.69, 9.17) is 5.26 Å². The minimum absolute atomic E-state index is 0.379. The van der Waals surface area contributed by atoms with E-state index in [2.05, 4.69) is 33.6 Å². The fraction of sp³-hybridized carbons (Fsp3) is 0.231. The van der Waals surface area contributed by atoms with Crippen LogP contribution in [0.3, 0.4) is 0 Å². The molecule has 2 rings (SSSR count). The summed E-state index contributed by atoms with van der Waals surface area (Å²) in [5.41, 5.74) is 2.64. The first-order valence-corrected chi connectivity index (χ1v) is 6.56. The van der Waals surface area contributed by atoms with Crippen molar-refractivity contribution in [1.82, 2.24) is 9.55 Å². The number of benzene rings is 1. The molecule has 0 fully saturated rings. The molecule has 0 atom stereocenters. The van der Waals surface area contributed by atoms with Crippen molar-refractivity contribution in [2.45, 2.75) is 13.0 Å². The molecule has 1 heterocycles. The molecule has 0 spiro atoms. The Bertz CT molecular complexity index is 586. The molecule has 0 N–H and O–H groups in total. The van der Waals surface area contributed by atoms with Gasteiger partial charge in [-0.3, -0.25) is 4.39 Å². The molecule has 0 radical (unpaired) electrons. The van der Waals surface area contributed by atoms with Gasteiger partial charge in [-0.25, -0.2) is 4.98 Å². The number of aryl methyl sites for hydroxylation is 1. The normalized spacial score (nSPS) is 10.3. The highest BCUT2D eigenvalue weighted by Crippen LogP contribution is 2.16. The summed E-state index contributed by atoms with van der Waals surface area (Å²) in [6.07, 6.45) is 3.78. The maximum atomic E-state index is 12.4. The van der Waals surface area contributed by atoms with Gasteiger partial charge in [-0.15, -0.1) is 0 Å². The summed E-state index contributed by atoms with van der Waals surface area (Å²) < 4.78 is 15.3. The van der Waals surface area contributed by atoms with Gasteiger partial charge in [-0.2, -0.15) is 5.26 Å². The zero-order valence-electron chi connectivity index (χ0n) is 9.61. The van der Waals surface area contributed by atoms with Crippen LogP contribution in [0.25, 0.3) is 0 Å². The van der Waals surface area contributed by atoms with Gasteiger partial charge in [0.05, 0.1) is 24.6 Å². The molecule has 5 heteroatoms. The maximum Gasteiger partial charge on any atom is 0.0991 e.